The molecule has 0 aliphatic carbocycles. The Morgan fingerprint density at radius 3 is 2.57 bits per heavy atom. The number of methoxy groups -OCH3 is 3. The van der Waals surface area contributed by atoms with Crippen LogP contribution in [-0.2, 0) is 16.2 Å². The van der Waals surface area contributed by atoms with Gasteiger partial charge in [0.05, 0.1) is 34.1 Å². The average Bonchev–Trinajstić information content (AvgIpc) is 2.53. The molecule has 0 aromatic heterocycles. The monoisotopic (exact) mass is 296 g/mol. The molecular weight excluding hydrogens is 276 g/mol. The minimum absolute atomic E-state index is 0.290. The summed E-state index contributed by atoms with van der Waals surface area (Å²) in [7, 11) is 6.08. The van der Waals surface area contributed by atoms with Gasteiger partial charge < -0.3 is 23.9 Å². The molecule has 1 aromatic carbocycles. The van der Waals surface area contributed by atoms with E-state index < -0.39 is 6.09 Å². The first-order valence-electron chi connectivity index (χ1n) is 6.26. The summed E-state index contributed by atoms with van der Waals surface area (Å²) in [5.74, 6) is 1.29. The summed E-state index contributed by atoms with van der Waals surface area (Å²) in [5, 5.41) is 3.77. The Bertz CT molecular complexity index is 490. The number of oxime groups is 1. The van der Waals surface area contributed by atoms with Crippen molar-refractivity contribution in [3.63, 3.8) is 0 Å². The van der Waals surface area contributed by atoms with Gasteiger partial charge >= 0.3 is 6.09 Å². The lowest BCUT2D eigenvalue weighted by Crippen LogP contribution is -2.28. The Kier molecular flexibility index (Phi) is 6.86. The molecule has 0 aliphatic heterocycles. The van der Waals surface area contributed by atoms with Crippen molar-refractivity contribution < 1.29 is 23.8 Å². The highest BCUT2D eigenvalue weighted by atomic mass is 16.6. The molecule has 0 atom stereocenters. The molecule has 1 aromatic rings. The second kappa shape index (κ2) is 8.68. The molecular formula is C14H20N2O5. The summed E-state index contributed by atoms with van der Waals surface area (Å²) >= 11 is 0. The predicted octanol–water partition coefficient (Wildman–Crippen LogP) is 1.90. The summed E-state index contributed by atoms with van der Waals surface area (Å²) in [6, 6.07) is 5.47. The lowest BCUT2D eigenvalue weighted by Gasteiger charge is -2.11. The van der Waals surface area contributed by atoms with Gasteiger partial charge in [-0.3, -0.25) is 0 Å². The summed E-state index contributed by atoms with van der Waals surface area (Å²) in [4.78, 5) is 17.6. The minimum atomic E-state index is -0.429. The SMILES string of the molecule is COC(=O)N(C)C/C=N/OCc1ccc(OC)c(OC)c1. The van der Waals surface area contributed by atoms with Gasteiger partial charge in [0.1, 0.15) is 6.61 Å². The molecule has 7 heteroatoms. The Morgan fingerprint density at radius 2 is 1.95 bits per heavy atom. The number of benzene rings is 1. The van der Waals surface area contributed by atoms with Crippen molar-refractivity contribution in [1.82, 2.24) is 4.90 Å². The maximum Gasteiger partial charge on any atom is 0.409 e. The van der Waals surface area contributed by atoms with E-state index in [1.54, 1.807) is 27.3 Å². The van der Waals surface area contributed by atoms with Gasteiger partial charge in [-0.1, -0.05) is 11.2 Å². The molecule has 0 aliphatic rings. The molecule has 116 valence electrons. The molecule has 0 heterocycles. The van der Waals surface area contributed by atoms with Crippen molar-refractivity contribution in [3.05, 3.63) is 23.8 Å². The molecule has 0 fully saturated rings. The van der Waals surface area contributed by atoms with Gasteiger partial charge in [-0.25, -0.2) is 4.79 Å². The molecule has 0 saturated heterocycles. The fourth-order valence-corrected chi connectivity index (χ4v) is 1.52. The van der Waals surface area contributed by atoms with E-state index in [9.17, 15) is 4.79 Å². The number of carbonyl (C=O) groups excluding carboxylic acids is 1. The van der Waals surface area contributed by atoms with Gasteiger partial charge in [0.25, 0.3) is 0 Å². The van der Waals surface area contributed by atoms with Crippen LogP contribution in [0.4, 0.5) is 4.79 Å². The summed E-state index contributed by atoms with van der Waals surface area (Å²) < 4.78 is 14.9. The van der Waals surface area contributed by atoms with Gasteiger partial charge in [-0.05, 0) is 17.7 Å². The largest absolute Gasteiger partial charge is 0.493 e. The van der Waals surface area contributed by atoms with Crippen LogP contribution in [0, 0.1) is 0 Å². The molecule has 1 amide bonds. The fraction of sp³-hybridized carbons (Fsp3) is 0.429. The highest BCUT2D eigenvalue weighted by Gasteiger charge is 2.06. The Balaban J connectivity index is 2.44. The van der Waals surface area contributed by atoms with Crippen molar-refractivity contribution in [1.29, 1.82) is 0 Å². The highest BCUT2D eigenvalue weighted by molar-refractivity contribution is 5.72. The Morgan fingerprint density at radius 1 is 1.24 bits per heavy atom. The van der Waals surface area contributed by atoms with Crippen LogP contribution in [0.3, 0.4) is 0 Å². The lowest BCUT2D eigenvalue weighted by atomic mass is 10.2. The molecule has 0 spiro atoms. The topological polar surface area (TPSA) is 69.6 Å². The third-order valence-electron chi connectivity index (χ3n) is 2.67. The van der Waals surface area contributed by atoms with Crippen LogP contribution in [0.2, 0.25) is 0 Å². The Labute approximate surface area is 124 Å². The van der Waals surface area contributed by atoms with Crippen LogP contribution in [0.25, 0.3) is 0 Å². The molecule has 7 nitrogen and oxygen atoms in total. The minimum Gasteiger partial charge on any atom is -0.493 e. The number of ether oxygens (including phenoxy) is 3. The lowest BCUT2D eigenvalue weighted by molar-refractivity contribution is 0.127. The van der Waals surface area contributed by atoms with Crippen molar-refractivity contribution in [3.8, 4) is 11.5 Å². The van der Waals surface area contributed by atoms with E-state index in [4.69, 9.17) is 14.3 Å². The van der Waals surface area contributed by atoms with Crippen LogP contribution in [-0.4, -0.2) is 52.1 Å². The Hall–Kier alpha value is -2.44. The van der Waals surface area contributed by atoms with Crippen LogP contribution in [0.15, 0.2) is 23.4 Å². The standard InChI is InChI=1S/C14H20N2O5/c1-16(14(17)20-4)8-7-15-21-10-11-5-6-12(18-2)13(9-11)19-3/h5-7,9H,8,10H2,1-4H3/b15-7+. The number of nitrogens with zero attached hydrogens (tertiary/aromatic N) is 2. The van der Waals surface area contributed by atoms with Crippen molar-refractivity contribution in [2.75, 3.05) is 34.9 Å². The average molecular weight is 296 g/mol. The predicted molar refractivity (Wildman–Crippen MR) is 77.9 cm³/mol. The highest BCUT2D eigenvalue weighted by Crippen LogP contribution is 2.27. The van der Waals surface area contributed by atoms with Crippen LogP contribution >= 0.6 is 0 Å². The van der Waals surface area contributed by atoms with Gasteiger partial charge in [0.15, 0.2) is 11.5 Å². The van der Waals surface area contributed by atoms with E-state index in [0.29, 0.717) is 24.7 Å². The molecule has 0 N–H and O–H groups in total. The van der Waals surface area contributed by atoms with E-state index in [1.807, 2.05) is 12.1 Å². The van der Waals surface area contributed by atoms with Gasteiger partial charge in [0, 0.05) is 7.05 Å². The molecule has 0 unspecified atom stereocenters. The third-order valence-corrected chi connectivity index (χ3v) is 2.67. The molecule has 0 bridgehead atoms. The van der Waals surface area contributed by atoms with E-state index in [0.717, 1.165) is 5.56 Å². The van der Waals surface area contributed by atoms with E-state index in [2.05, 4.69) is 9.89 Å². The maximum absolute atomic E-state index is 11.1. The van der Waals surface area contributed by atoms with E-state index in [-0.39, 0.29) is 0 Å². The zero-order valence-corrected chi connectivity index (χ0v) is 12.7. The summed E-state index contributed by atoms with van der Waals surface area (Å²) in [5.41, 5.74) is 0.895. The number of carbonyl (C=O) groups is 1. The first-order chi connectivity index (χ1) is 10.1. The van der Waals surface area contributed by atoms with Crippen molar-refractivity contribution >= 4 is 12.3 Å². The fourth-order valence-electron chi connectivity index (χ4n) is 1.52. The number of hydrogen-bond donors (Lipinski definition) is 0. The number of rotatable bonds is 7. The summed E-state index contributed by atoms with van der Waals surface area (Å²) in [6.07, 6.45) is 1.05. The molecule has 21 heavy (non-hydrogen) atoms. The van der Waals surface area contributed by atoms with Crippen molar-refractivity contribution in [2.24, 2.45) is 5.16 Å². The van der Waals surface area contributed by atoms with Gasteiger partial charge in [-0.2, -0.15) is 0 Å². The first kappa shape index (κ1) is 16.6. The second-order valence-electron chi connectivity index (χ2n) is 4.10. The number of amides is 1. The van der Waals surface area contributed by atoms with E-state index >= 15 is 0 Å². The van der Waals surface area contributed by atoms with Crippen LogP contribution in [0.1, 0.15) is 5.56 Å². The molecule has 0 radical (unpaired) electrons. The number of hydrogen-bond acceptors (Lipinski definition) is 6. The van der Waals surface area contributed by atoms with Gasteiger partial charge in [0.2, 0.25) is 0 Å². The van der Waals surface area contributed by atoms with Crippen LogP contribution in [0.5, 0.6) is 11.5 Å². The zero-order chi connectivity index (χ0) is 15.7. The molecule has 0 saturated carbocycles. The van der Waals surface area contributed by atoms with Gasteiger partial charge in [-0.15, -0.1) is 0 Å². The van der Waals surface area contributed by atoms with Crippen LogP contribution < -0.4 is 9.47 Å². The molecule has 1 rings (SSSR count). The normalized spacial score (nSPS) is 10.3. The zero-order valence-electron chi connectivity index (χ0n) is 12.7. The van der Waals surface area contributed by atoms with E-state index in [1.165, 1.54) is 18.2 Å². The summed E-state index contributed by atoms with van der Waals surface area (Å²) in [6.45, 7) is 0.595. The maximum atomic E-state index is 11.1. The second-order valence-corrected chi connectivity index (χ2v) is 4.10. The quantitative estimate of drug-likeness (QED) is 0.568. The third kappa shape index (κ3) is 5.21. The smallest absolute Gasteiger partial charge is 0.409 e. The first-order valence-corrected chi connectivity index (χ1v) is 6.26. The van der Waals surface area contributed by atoms with Crippen molar-refractivity contribution in [2.45, 2.75) is 6.61 Å².